The number of anilines is 1. The van der Waals surface area contributed by atoms with Crippen LogP contribution in [-0.2, 0) is 11.3 Å². The van der Waals surface area contributed by atoms with Crippen molar-refractivity contribution < 1.29 is 14.6 Å². The molecule has 0 bridgehead atoms. The second-order valence-electron chi connectivity index (χ2n) is 5.83. The third-order valence-corrected chi connectivity index (χ3v) is 4.21. The maximum Gasteiger partial charge on any atom is 0.322 e. The van der Waals surface area contributed by atoms with Gasteiger partial charge in [0.05, 0.1) is 19.3 Å². The summed E-state index contributed by atoms with van der Waals surface area (Å²) in [4.78, 5) is 14.2. The van der Waals surface area contributed by atoms with E-state index in [1.165, 1.54) is 0 Å². The van der Waals surface area contributed by atoms with Crippen LogP contribution in [0.25, 0.3) is 0 Å². The molecule has 122 valence electrons. The van der Waals surface area contributed by atoms with Crippen LogP contribution in [-0.4, -0.2) is 41.8 Å². The van der Waals surface area contributed by atoms with Crippen LogP contribution in [0.15, 0.2) is 24.3 Å². The largest absolute Gasteiger partial charge is 0.394 e. The summed E-state index contributed by atoms with van der Waals surface area (Å²) in [5.41, 5.74) is 1.79. The van der Waals surface area contributed by atoms with Gasteiger partial charge in [-0.2, -0.15) is 0 Å². The van der Waals surface area contributed by atoms with Crippen molar-refractivity contribution in [1.82, 2.24) is 4.90 Å². The summed E-state index contributed by atoms with van der Waals surface area (Å²) in [6, 6.07) is 7.44. The highest BCUT2D eigenvalue weighted by Gasteiger charge is 2.31. The summed E-state index contributed by atoms with van der Waals surface area (Å²) in [7, 11) is 0. The number of rotatable bonds is 5. The minimum atomic E-state index is -0.140. The maximum absolute atomic E-state index is 12.5. The molecule has 0 radical (unpaired) electrons. The van der Waals surface area contributed by atoms with Crippen LogP contribution in [0.5, 0.6) is 0 Å². The molecule has 2 N–H and O–H groups in total. The van der Waals surface area contributed by atoms with Crippen molar-refractivity contribution in [2.45, 2.75) is 39.3 Å². The predicted molar refractivity (Wildman–Crippen MR) is 86.8 cm³/mol. The van der Waals surface area contributed by atoms with Crippen molar-refractivity contribution in [3.8, 4) is 0 Å². The zero-order valence-electron chi connectivity index (χ0n) is 13.4. The molecule has 5 nitrogen and oxygen atoms in total. The van der Waals surface area contributed by atoms with Crippen molar-refractivity contribution >= 4 is 11.7 Å². The van der Waals surface area contributed by atoms with E-state index in [0.29, 0.717) is 25.7 Å². The Morgan fingerprint density at radius 1 is 1.50 bits per heavy atom. The number of aliphatic hydroxyl groups is 1. The number of likely N-dealkylation sites (tertiary alicyclic amines) is 1. The van der Waals surface area contributed by atoms with Crippen molar-refractivity contribution in [1.29, 1.82) is 0 Å². The van der Waals surface area contributed by atoms with Crippen LogP contribution in [0.2, 0.25) is 0 Å². The minimum absolute atomic E-state index is 0.0129. The lowest BCUT2D eigenvalue weighted by atomic mass is 9.91. The second-order valence-corrected chi connectivity index (χ2v) is 5.83. The van der Waals surface area contributed by atoms with Gasteiger partial charge >= 0.3 is 6.03 Å². The van der Waals surface area contributed by atoms with Crippen LogP contribution in [0, 0.1) is 5.92 Å². The average molecular weight is 306 g/mol. The van der Waals surface area contributed by atoms with E-state index in [4.69, 9.17) is 4.74 Å². The first-order chi connectivity index (χ1) is 10.7. The highest BCUT2D eigenvalue weighted by molar-refractivity contribution is 5.89. The molecule has 0 aliphatic carbocycles. The molecule has 1 aromatic carbocycles. The van der Waals surface area contributed by atoms with Gasteiger partial charge in [-0.15, -0.1) is 0 Å². The highest BCUT2D eigenvalue weighted by Crippen LogP contribution is 2.24. The Morgan fingerprint density at radius 2 is 2.32 bits per heavy atom. The molecule has 1 heterocycles. The van der Waals surface area contributed by atoms with Crippen LogP contribution in [0.1, 0.15) is 32.3 Å². The van der Waals surface area contributed by atoms with Gasteiger partial charge in [-0.3, -0.25) is 0 Å². The Kier molecular flexibility index (Phi) is 6.21. The summed E-state index contributed by atoms with van der Waals surface area (Å²) >= 11 is 0. The van der Waals surface area contributed by atoms with E-state index in [0.717, 1.165) is 24.1 Å². The molecule has 0 saturated carbocycles. The fourth-order valence-corrected chi connectivity index (χ4v) is 2.93. The number of hydrogen-bond donors (Lipinski definition) is 2. The molecule has 0 aromatic heterocycles. The fourth-order valence-electron chi connectivity index (χ4n) is 2.93. The highest BCUT2D eigenvalue weighted by atomic mass is 16.5. The molecule has 5 heteroatoms. The number of amides is 2. The molecule has 1 aromatic rings. The number of benzene rings is 1. The number of carbonyl (C=O) groups is 1. The van der Waals surface area contributed by atoms with Gasteiger partial charge in [-0.05, 0) is 43.4 Å². The van der Waals surface area contributed by atoms with Gasteiger partial charge in [0, 0.05) is 18.8 Å². The minimum Gasteiger partial charge on any atom is -0.394 e. The molecule has 0 spiro atoms. The molecular formula is C17H26N2O3. The van der Waals surface area contributed by atoms with Crippen LogP contribution in [0.4, 0.5) is 10.5 Å². The Bertz CT molecular complexity index is 493. The van der Waals surface area contributed by atoms with E-state index < -0.39 is 0 Å². The van der Waals surface area contributed by atoms with Crippen molar-refractivity contribution in [2.75, 3.05) is 25.1 Å². The zero-order chi connectivity index (χ0) is 15.9. The first-order valence-corrected chi connectivity index (χ1v) is 8.00. The van der Waals surface area contributed by atoms with E-state index in [2.05, 4.69) is 12.2 Å². The molecular weight excluding hydrogens is 280 g/mol. The van der Waals surface area contributed by atoms with Gasteiger partial charge < -0.3 is 20.1 Å². The summed E-state index contributed by atoms with van der Waals surface area (Å²) < 4.78 is 5.39. The van der Waals surface area contributed by atoms with Gasteiger partial charge in [0.15, 0.2) is 0 Å². The van der Waals surface area contributed by atoms with E-state index in [-0.39, 0.29) is 18.7 Å². The lowest BCUT2D eigenvalue weighted by Gasteiger charge is -2.38. The number of aliphatic hydroxyl groups excluding tert-OH is 1. The summed E-state index contributed by atoms with van der Waals surface area (Å²) in [6.45, 7) is 5.96. The molecule has 1 fully saturated rings. The first-order valence-electron chi connectivity index (χ1n) is 8.00. The van der Waals surface area contributed by atoms with Crippen molar-refractivity contribution in [2.24, 2.45) is 5.92 Å². The number of urea groups is 1. The average Bonchev–Trinajstić information content (AvgIpc) is 2.53. The third kappa shape index (κ3) is 4.21. The smallest absolute Gasteiger partial charge is 0.322 e. The van der Waals surface area contributed by atoms with Gasteiger partial charge in [-0.1, -0.05) is 19.1 Å². The van der Waals surface area contributed by atoms with Crippen molar-refractivity contribution in [3.63, 3.8) is 0 Å². The zero-order valence-corrected chi connectivity index (χ0v) is 13.4. The summed E-state index contributed by atoms with van der Waals surface area (Å²) in [5, 5.41) is 12.5. The Balaban J connectivity index is 2.01. The number of nitrogens with zero attached hydrogens (tertiary/aromatic N) is 1. The number of nitrogens with one attached hydrogen (secondary N) is 1. The fraction of sp³-hybridized carbons (Fsp3) is 0.588. The van der Waals surface area contributed by atoms with Gasteiger partial charge in [-0.25, -0.2) is 4.79 Å². The van der Waals surface area contributed by atoms with Gasteiger partial charge in [0.25, 0.3) is 0 Å². The lowest BCUT2D eigenvalue weighted by molar-refractivity contribution is 0.0811. The Labute approximate surface area is 132 Å². The van der Waals surface area contributed by atoms with E-state index in [9.17, 15) is 9.90 Å². The molecule has 2 unspecified atom stereocenters. The third-order valence-electron chi connectivity index (χ3n) is 4.21. The topological polar surface area (TPSA) is 61.8 Å². The van der Waals surface area contributed by atoms with Crippen molar-refractivity contribution in [3.05, 3.63) is 29.8 Å². The molecule has 2 atom stereocenters. The second kappa shape index (κ2) is 8.15. The molecule has 22 heavy (non-hydrogen) atoms. The Hall–Kier alpha value is -1.59. The number of piperidine rings is 1. The molecule has 1 saturated heterocycles. The molecule has 1 aliphatic heterocycles. The summed E-state index contributed by atoms with van der Waals surface area (Å²) in [6.07, 6.45) is 2.04. The van der Waals surface area contributed by atoms with Crippen LogP contribution in [0.3, 0.4) is 0 Å². The predicted octanol–water partition coefficient (Wildman–Crippen LogP) is 2.85. The Morgan fingerprint density at radius 3 is 3.05 bits per heavy atom. The van der Waals surface area contributed by atoms with Gasteiger partial charge in [0.2, 0.25) is 0 Å². The maximum atomic E-state index is 12.5. The van der Waals surface area contributed by atoms with E-state index >= 15 is 0 Å². The molecule has 2 amide bonds. The number of ether oxygens (including phenoxy) is 1. The monoisotopic (exact) mass is 306 g/mol. The molecule has 2 rings (SSSR count). The molecule has 1 aliphatic rings. The van der Waals surface area contributed by atoms with Crippen LogP contribution >= 0.6 is 0 Å². The number of hydrogen-bond acceptors (Lipinski definition) is 3. The van der Waals surface area contributed by atoms with Crippen LogP contribution < -0.4 is 5.32 Å². The SMILES string of the molecule is CCOCc1cccc(NC(=O)N2CCCC(C)C2CO)c1. The standard InChI is InChI=1S/C17H26N2O3/c1-3-22-12-14-7-4-8-15(10-14)18-17(21)19-9-5-6-13(2)16(19)11-20/h4,7-8,10,13,16,20H,3,5-6,9,11-12H2,1-2H3,(H,18,21). The van der Waals surface area contributed by atoms with Gasteiger partial charge in [0.1, 0.15) is 0 Å². The van der Waals surface area contributed by atoms with E-state index in [1.54, 1.807) is 4.90 Å². The lowest BCUT2D eigenvalue weighted by Crippen LogP contribution is -2.51. The number of carbonyl (C=O) groups excluding carboxylic acids is 1. The quantitative estimate of drug-likeness (QED) is 0.879. The first kappa shape index (κ1) is 16.8. The normalized spacial score (nSPS) is 21.7. The summed E-state index contributed by atoms with van der Waals surface area (Å²) in [5.74, 6) is 0.328. The van der Waals surface area contributed by atoms with E-state index in [1.807, 2.05) is 31.2 Å².